The molecule has 15 heteroatoms. The molecule has 0 radical (unpaired) electrons. The first-order chi connectivity index (χ1) is 35.3. The normalized spacial score (nSPS) is 11.2. The third-order valence-corrected chi connectivity index (χ3v) is 11.7. The van der Waals surface area contributed by atoms with Gasteiger partial charge in [0.25, 0.3) is 16.7 Å². The van der Waals surface area contributed by atoms with Crippen LogP contribution in [-0.4, -0.2) is 58.1 Å². The summed E-state index contributed by atoms with van der Waals surface area (Å²) in [5.41, 5.74) is 4.99. The highest BCUT2D eigenvalue weighted by Gasteiger charge is 2.19. The number of hydrogen-bond acceptors (Lipinski definition) is 12. The number of aromatic nitrogens is 12. The molecule has 6 aromatic carbocycles. The Bertz CT molecular complexity index is 4130. The zero-order chi connectivity index (χ0) is 50.0. The molecule has 72 heavy (non-hydrogen) atoms. The summed E-state index contributed by atoms with van der Waals surface area (Å²) in [4.78, 5) is 76.9. The van der Waals surface area contributed by atoms with Crippen LogP contribution >= 0.6 is 0 Å². The number of hydrogen-bond donors (Lipinski definition) is 0. The lowest BCUT2D eigenvalue weighted by Crippen LogP contribution is -2.13. The number of pyridine rings is 3. The lowest BCUT2D eigenvalue weighted by Gasteiger charge is -2.06. The Balaban J connectivity index is 0.000000115. The van der Waals surface area contributed by atoms with Crippen LogP contribution in [0.5, 0.6) is 0 Å². The maximum Gasteiger partial charge on any atom is 0.266 e. The fourth-order valence-electron chi connectivity index (χ4n) is 9.08. The van der Waals surface area contributed by atoms with Gasteiger partial charge in [0, 0.05) is 60.9 Å². The van der Waals surface area contributed by atoms with Crippen LogP contribution in [0, 0.1) is 0 Å². The molecule has 0 spiro atoms. The molecule has 0 saturated heterocycles. The van der Waals surface area contributed by atoms with Gasteiger partial charge in [-0.3, -0.25) is 18.8 Å². The Labute approximate surface area is 410 Å². The highest BCUT2D eigenvalue weighted by atomic mass is 16.1. The van der Waals surface area contributed by atoms with Crippen molar-refractivity contribution in [2.75, 3.05) is 0 Å². The van der Waals surface area contributed by atoms with Gasteiger partial charge in [-0.2, -0.15) is 0 Å². The number of rotatable bonds is 0. The molecule has 0 aliphatic carbocycles. The van der Waals surface area contributed by atoms with E-state index in [1.54, 1.807) is 38.0 Å². The average molecular weight is 949 g/mol. The zero-order valence-corrected chi connectivity index (χ0v) is 40.6. The topological polar surface area (TPSA) is 180 Å². The largest absolute Gasteiger partial charge is 0.268 e. The Morgan fingerprint density at radius 3 is 1.28 bits per heavy atom. The molecule has 0 aliphatic rings. The summed E-state index contributed by atoms with van der Waals surface area (Å²) < 4.78 is 4.74. The van der Waals surface area contributed by atoms with Gasteiger partial charge in [-0.25, -0.2) is 53.7 Å². The third-order valence-electron chi connectivity index (χ3n) is 11.7. The first-order valence-electron chi connectivity index (χ1n) is 24.0. The summed E-state index contributed by atoms with van der Waals surface area (Å²) >= 11 is 0. The Morgan fingerprint density at radius 1 is 0.375 bits per heavy atom. The predicted octanol–water partition coefficient (Wildman–Crippen LogP) is 11.4. The zero-order valence-electron chi connectivity index (χ0n) is 40.6. The molecule has 0 amide bonds. The quantitative estimate of drug-likeness (QED) is 0.141. The van der Waals surface area contributed by atoms with E-state index in [1.165, 1.54) is 31.9 Å². The molecule has 9 heterocycles. The van der Waals surface area contributed by atoms with Gasteiger partial charge in [0.1, 0.15) is 29.3 Å². The van der Waals surface area contributed by atoms with Crippen molar-refractivity contribution >= 4 is 115 Å². The van der Waals surface area contributed by atoms with Crippen molar-refractivity contribution < 1.29 is 0 Å². The number of nitrogens with zero attached hydrogens (tertiary/aromatic N) is 12. The van der Waals surface area contributed by atoms with Crippen molar-refractivity contribution in [3.8, 4) is 0 Å². The first-order valence-corrected chi connectivity index (χ1v) is 24.0. The molecule has 0 atom stereocenters. The van der Waals surface area contributed by atoms with Crippen LogP contribution in [0.25, 0.3) is 115 Å². The van der Waals surface area contributed by atoms with E-state index in [4.69, 9.17) is 0 Å². The van der Waals surface area contributed by atoms with Gasteiger partial charge < -0.3 is 0 Å². The smallest absolute Gasteiger partial charge is 0.266 e. The van der Waals surface area contributed by atoms with Crippen molar-refractivity contribution in [2.45, 2.75) is 60.8 Å². The summed E-state index contributed by atoms with van der Waals surface area (Å²) in [5.74, 6) is 0. The summed E-state index contributed by atoms with van der Waals surface area (Å²) in [5, 5.41) is 10.9. The fraction of sp³-hybridized carbons (Fsp3) is 0.158. The molecule has 9 aromatic heterocycles. The van der Waals surface area contributed by atoms with Gasteiger partial charge >= 0.3 is 0 Å². The van der Waals surface area contributed by atoms with Crippen LogP contribution in [0.2, 0.25) is 0 Å². The van der Waals surface area contributed by atoms with E-state index in [9.17, 15) is 14.4 Å². The molecule has 0 N–H and O–H groups in total. The van der Waals surface area contributed by atoms with Crippen molar-refractivity contribution in [1.29, 1.82) is 0 Å². The minimum atomic E-state index is -0.0997. The molecular formula is C57H48N12O3. The van der Waals surface area contributed by atoms with E-state index >= 15 is 0 Å². The van der Waals surface area contributed by atoms with E-state index in [1.807, 2.05) is 109 Å². The lowest BCUT2D eigenvalue weighted by molar-refractivity contribution is 1.09. The predicted molar refractivity (Wildman–Crippen MR) is 290 cm³/mol. The second-order valence-electron chi connectivity index (χ2n) is 17.1. The van der Waals surface area contributed by atoms with Crippen molar-refractivity contribution in [2.24, 2.45) is 0 Å². The molecule has 15 rings (SSSR count). The van der Waals surface area contributed by atoms with E-state index in [-0.39, 0.29) is 16.7 Å². The highest BCUT2D eigenvalue weighted by Crippen LogP contribution is 2.31. The number of fused-ring (bicyclic) bond motifs is 12. The van der Waals surface area contributed by atoms with E-state index < -0.39 is 0 Å². The van der Waals surface area contributed by atoms with Crippen LogP contribution in [0.4, 0.5) is 0 Å². The van der Waals surface area contributed by atoms with Crippen LogP contribution < -0.4 is 16.7 Å². The van der Waals surface area contributed by atoms with Crippen LogP contribution in [-0.2, 0) is 0 Å². The summed E-state index contributed by atoms with van der Waals surface area (Å²) in [6, 6.07) is 35.2. The lowest BCUT2D eigenvalue weighted by atomic mass is 10.0. The maximum atomic E-state index is 12.8. The molecule has 15 nitrogen and oxygen atoms in total. The van der Waals surface area contributed by atoms with E-state index in [0.29, 0.717) is 66.7 Å². The standard InChI is InChI=1S/3C16H8N4O.3C3H8/c21-16-11-6-2-4-9-3-1-5-10(13(9)11)15-19-14-12(20(15)16)7-17-8-18-14;21-16-11-6-2-4-9-3-1-5-10(13(9)11)14-19-12-7-17-8-18-15(12)20(14)16;21-16-11-6-2-4-9-3-1-5-10(12(9)11)14-19-13-15(20(14)16)18-8-7-17-13;3*1-3-2/h3*1-8H;3*3H2,1-2H3. The van der Waals surface area contributed by atoms with Gasteiger partial charge in [-0.1, -0.05) is 152 Å². The average Bonchev–Trinajstić information content (AvgIpc) is 4.13. The number of benzene rings is 6. The van der Waals surface area contributed by atoms with E-state index in [0.717, 1.165) is 48.5 Å². The van der Waals surface area contributed by atoms with Crippen molar-refractivity contribution in [1.82, 2.24) is 58.1 Å². The monoisotopic (exact) mass is 948 g/mol. The van der Waals surface area contributed by atoms with Gasteiger partial charge in [0.05, 0.1) is 12.4 Å². The molecule has 0 saturated carbocycles. The molecular weight excluding hydrogens is 901 g/mol. The van der Waals surface area contributed by atoms with Crippen molar-refractivity contribution in [3.05, 3.63) is 178 Å². The third kappa shape index (κ3) is 7.71. The summed E-state index contributed by atoms with van der Waals surface area (Å²) in [7, 11) is 0. The SMILES string of the molecule is CCC.CCC.CCC.O=c1c2cccc3cccc(c32)c2nc3cncnc3n12.O=c1c2cccc3cccc(c32)c2nc3nccnc3n12.O=c1c2cccc3cccc(c32)c2nc3ncncc3n12. The van der Waals surface area contributed by atoms with Gasteiger partial charge in [-0.15, -0.1) is 0 Å². The second kappa shape index (κ2) is 19.6. The van der Waals surface area contributed by atoms with Crippen LogP contribution in [0.15, 0.2) is 161 Å². The van der Waals surface area contributed by atoms with Crippen molar-refractivity contribution in [3.63, 3.8) is 0 Å². The van der Waals surface area contributed by atoms with Crippen LogP contribution in [0.3, 0.4) is 0 Å². The molecule has 0 fully saturated rings. The minimum Gasteiger partial charge on any atom is -0.268 e. The first kappa shape index (κ1) is 46.5. The second-order valence-corrected chi connectivity index (χ2v) is 17.1. The maximum absolute atomic E-state index is 12.8. The van der Waals surface area contributed by atoms with E-state index in [2.05, 4.69) is 86.4 Å². The Hall–Kier alpha value is -9.24. The number of imidazole rings is 3. The Morgan fingerprint density at radius 2 is 0.764 bits per heavy atom. The van der Waals surface area contributed by atoms with Gasteiger partial charge in [-0.05, 0) is 34.4 Å². The van der Waals surface area contributed by atoms with Crippen LogP contribution in [0.1, 0.15) is 60.8 Å². The molecule has 0 unspecified atom stereocenters. The highest BCUT2D eigenvalue weighted by molar-refractivity contribution is 6.17. The summed E-state index contributed by atoms with van der Waals surface area (Å²) in [6.07, 6.45) is 13.0. The van der Waals surface area contributed by atoms with Gasteiger partial charge in [0.2, 0.25) is 0 Å². The minimum absolute atomic E-state index is 0.0772. The summed E-state index contributed by atoms with van der Waals surface area (Å²) in [6.45, 7) is 12.8. The molecule has 0 aliphatic heterocycles. The fourth-order valence-corrected chi connectivity index (χ4v) is 9.08. The van der Waals surface area contributed by atoms with Gasteiger partial charge in [0.15, 0.2) is 33.9 Å². The Kier molecular flexibility index (Phi) is 12.7. The molecule has 15 aromatic rings. The molecule has 0 bridgehead atoms. The molecule has 354 valence electrons.